The molecule has 1 saturated heterocycles. The Morgan fingerprint density at radius 3 is 1.79 bits per heavy atom. The van der Waals surface area contributed by atoms with E-state index in [2.05, 4.69) is 0 Å². The molecule has 0 aromatic rings. The SMILES string of the molecule is CC12CCCCC1(C)C(=O)N(O)C2=O. The van der Waals surface area contributed by atoms with Crippen LogP contribution in [0.15, 0.2) is 0 Å². The van der Waals surface area contributed by atoms with Gasteiger partial charge in [0.15, 0.2) is 0 Å². The lowest BCUT2D eigenvalue weighted by molar-refractivity contribution is -0.175. The molecule has 0 bridgehead atoms. The lowest BCUT2D eigenvalue weighted by Gasteiger charge is -2.39. The summed E-state index contributed by atoms with van der Waals surface area (Å²) in [6, 6.07) is 0. The van der Waals surface area contributed by atoms with E-state index in [0.29, 0.717) is 17.9 Å². The molecule has 14 heavy (non-hydrogen) atoms. The molecule has 2 fully saturated rings. The van der Waals surface area contributed by atoms with E-state index in [1.807, 2.05) is 0 Å². The van der Waals surface area contributed by atoms with Crippen LogP contribution in [0.1, 0.15) is 39.5 Å². The second-order valence-corrected chi connectivity index (χ2v) is 4.79. The Morgan fingerprint density at radius 1 is 1.07 bits per heavy atom. The highest BCUT2D eigenvalue weighted by Gasteiger charge is 2.64. The molecule has 0 radical (unpaired) electrons. The molecule has 1 aliphatic carbocycles. The van der Waals surface area contributed by atoms with Crippen molar-refractivity contribution < 1.29 is 14.8 Å². The second kappa shape index (κ2) is 2.57. The highest BCUT2D eigenvalue weighted by atomic mass is 16.5. The molecule has 2 aliphatic rings. The summed E-state index contributed by atoms with van der Waals surface area (Å²) < 4.78 is 0. The number of fused-ring (bicyclic) bond motifs is 1. The summed E-state index contributed by atoms with van der Waals surface area (Å²) in [4.78, 5) is 23.5. The minimum absolute atomic E-state index is 0.325. The van der Waals surface area contributed by atoms with Gasteiger partial charge in [-0.25, -0.2) is 0 Å². The summed E-state index contributed by atoms with van der Waals surface area (Å²) in [5.41, 5.74) is -1.37. The van der Waals surface area contributed by atoms with Gasteiger partial charge >= 0.3 is 0 Å². The molecule has 4 heteroatoms. The van der Waals surface area contributed by atoms with E-state index in [1.165, 1.54) is 0 Å². The predicted molar refractivity (Wildman–Crippen MR) is 48.3 cm³/mol. The maximum Gasteiger partial charge on any atom is 0.260 e. The highest BCUT2D eigenvalue weighted by molar-refractivity contribution is 6.08. The van der Waals surface area contributed by atoms with Crippen molar-refractivity contribution in [2.75, 3.05) is 0 Å². The number of hydroxylamine groups is 2. The van der Waals surface area contributed by atoms with Crippen LogP contribution in [0.3, 0.4) is 0 Å². The van der Waals surface area contributed by atoms with Crippen LogP contribution in [0.5, 0.6) is 0 Å². The fraction of sp³-hybridized carbons (Fsp3) is 0.800. The van der Waals surface area contributed by atoms with Crippen LogP contribution in [0.25, 0.3) is 0 Å². The third-order valence-electron chi connectivity index (χ3n) is 4.15. The van der Waals surface area contributed by atoms with Crippen molar-refractivity contribution in [3.05, 3.63) is 0 Å². The van der Waals surface area contributed by atoms with E-state index in [9.17, 15) is 14.8 Å². The number of hydrogen-bond donors (Lipinski definition) is 1. The Labute approximate surface area is 82.8 Å². The minimum Gasteiger partial charge on any atom is -0.278 e. The van der Waals surface area contributed by atoms with E-state index in [4.69, 9.17) is 0 Å². The zero-order chi connectivity index (χ0) is 10.6. The average Bonchev–Trinajstić information content (AvgIpc) is 2.30. The van der Waals surface area contributed by atoms with Gasteiger partial charge in [0.05, 0.1) is 10.8 Å². The van der Waals surface area contributed by atoms with Crippen LogP contribution in [-0.2, 0) is 9.59 Å². The molecule has 2 amide bonds. The molecule has 4 nitrogen and oxygen atoms in total. The van der Waals surface area contributed by atoms with Crippen molar-refractivity contribution in [1.29, 1.82) is 0 Å². The first kappa shape index (κ1) is 9.65. The average molecular weight is 197 g/mol. The van der Waals surface area contributed by atoms with Gasteiger partial charge in [0, 0.05) is 0 Å². The summed E-state index contributed by atoms with van der Waals surface area (Å²) in [6.07, 6.45) is 3.31. The van der Waals surface area contributed by atoms with Crippen LogP contribution in [0.2, 0.25) is 0 Å². The van der Waals surface area contributed by atoms with Crippen molar-refractivity contribution >= 4 is 11.8 Å². The van der Waals surface area contributed by atoms with Crippen LogP contribution >= 0.6 is 0 Å². The van der Waals surface area contributed by atoms with E-state index >= 15 is 0 Å². The van der Waals surface area contributed by atoms with E-state index in [0.717, 1.165) is 12.8 Å². The molecule has 2 atom stereocenters. The van der Waals surface area contributed by atoms with E-state index in [1.54, 1.807) is 13.8 Å². The Kier molecular flexibility index (Phi) is 1.77. The van der Waals surface area contributed by atoms with E-state index in [-0.39, 0.29) is 0 Å². The molecular weight excluding hydrogens is 182 g/mol. The molecule has 2 rings (SSSR count). The molecule has 0 aromatic carbocycles. The second-order valence-electron chi connectivity index (χ2n) is 4.79. The van der Waals surface area contributed by atoms with Gasteiger partial charge in [0.25, 0.3) is 11.8 Å². The molecule has 1 aliphatic heterocycles. The molecule has 1 N–H and O–H groups in total. The summed E-state index contributed by atoms with van der Waals surface area (Å²) in [6.45, 7) is 3.59. The Morgan fingerprint density at radius 2 is 1.43 bits per heavy atom. The van der Waals surface area contributed by atoms with Crippen molar-refractivity contribution in [2.45, 2.75) is 39.5 Å². The summed E-state index contributed by atoms with van der Waals surface area (Å²) in [7, 11) is 0. The number of amides is 2. The fourth-order valence-electron chi connectivity index (χ4n) is 2.75. The largest absolute Gasteiger partial charge is 0.278 e. The monoisotopic (exact) mass is 197 g/mol. The molecule has 2 unspecified atom stereocenters. The van der Waals surface area contributed by atoms with Gasteiger partial charge in [-0.2, -0.15) is 5.06 Å². The number of nitrogens with zero attached hydrogens (tertiary/aromatic N) is 1. The standard InChI is InChI=1S/C10H15NO3/c1-9-5-3-4-6-10(9,2)8(13)11(14)7(9)12/h14H,3-6H2,1-2H3. The number of carbonyl (C=O) groups is 2. The van der Waals surface area contributed by atoms with Gasteiger partial charge in [0.1, 0.15) is 0 Å². The van der Waals surface area contributed by atoms with Gasteiger partial charge in [-0.15, -0.1) is 0 Å². The third kappa shape index (κ3) is 0.823. The number of carbonyl (C=O) groups excluding carboxylic acids is 2. The van der Waals surface area contributed by atoms with Gasteiger partial charge in [-0.3, -0.25) is 14.8 Å². The van der Waals surface area contributed by atoms with Crippen LogP contribution in [0.4, 0.5) is 0 Å². The number of rotatable bonds is 0. The molecule has 0 spiro atoms. The van der Waals surface area contributed by atoms with Gasteiger partial charge in [-0.1, -0.05) is 12.8 Å². The summed E-state index contributed by atoms with van der Waals surface area (Å²) in [5.74, 6) is -0.852. The predicted octanol–water partition coefficient (Wildman–Crippen LogP) is 1.33. The molecule has 0 aromatic heterocycles. The van der Waals surface area contributed by atoms with Crippen molar-refractivity contribution in [2.24, 2.45) is 10.8 Å². The molecule has 1 saturated carbocycles. The first-order valence-corrected chi connectivity index (χ1v) is 5.01. The number of imide groups is 1. The fourth-order valence-corrected chi connectivity index (χ4v) is 2.75. The van der Waals surface area contributed by atoms with E-state index < -0.39 is 22.6 Å². The van der Waals surface area contributed by atoms with Crippen LogP contribution in [0, 0.1) is 10.8 Å². The minimum atomic E-state index is -0.683. The zero-order valence-electron chi connectivity index (χ0n) is 8.54. The van der Waals surface area contributed by atoms with Crippen molar-refractivity contribution in [1.82, 2.24) is 5.06 Å². The van der Waals surface area contributed by atoms with Gasteiger partial charge in [0.2, 0.25) is 0 Å². The Hall–Kier alpha value is -0.900. The molecule has 1 heterocycles. The summed E-state index contributed by atoms with van der Waals surface area (Å²) >= 11 is 0. The third-order valence-corrected chi connectivity index (χ3v) is 4.15. The van der Waals surface area contributed by atoms with Gasteiger partial charge in [-0.05, 0) is 26.7 Å². The highest BCUT2D eigenvalue weighted by Crippen LogP contribution is 2.56. The van der Waals surface area contributed by atoms with Crippen molar-refractivity contribution in [3.8, 4) is 0 Å². The molecular formula is C10H15NO3. The smallest absolute Gasteiger partial charge is 0.260 e. The Bertz CT molecular complexity index is 284. The maximum absolute atomic E-state index is 11.7. The topological polar surface area (TPSA) is 57.6 Å². The quantitative estimate of drug-likeness (QED) is 0.471. The zero-order valence-corrected chi connectivity index (χ0v) is 8.54. The van der Waals surface area contributed by atoms with Crippen molar-refractivity contribution in [3.63, 3.8) is 0 Å². The maximum atomic E-state index is 11.7. The van der Waals surface area contributed by atoms with Crippen LogP contribution in [-0.4, -0.2) is 22.1 Å². The number of hydrogen-bond acceptors (Lipinski definition) is 3. The molecule has 78 valence electrons. The summed E-state index contributed by atoms with van der Waals surface area (Å²) in [5, 5.41) is 9.69. The van der Waals surface area contributed by atoms with Crippen LogP contribution < -0.4 is 0 Å². The first-order chi connectivity index (χ1) is 6.43. The normalized spacial score (nSPS) is 42.9. The van der Waals surface area contributed by atoms with Gasteiger partial charge < -0.3 is 0 Å². The Balaban J connectivity index is 2.51. The lowest BCUT2D eigenvalue weighted by Crippen LogP contribution is -2.42. The lowest BCUT2D eigenvalue weighted by atomic mass is 9.59. The first-order valence-electron chi connectivity index (χ1n) is 5.01.